The molecule has 1 aromatic heterocycles. The fourth-order valence-electron chi connectivity index (χ4n) is 2.49. The van der Waals surface area contributed by atoms with Crippen molar-refractivity contribution in [3.8, 4) is 11.4 Å². The Labute approximate surface area is 150 Å². The molecule has 1 N–H and O–H groups in total. The first-order valence-corrected chi connectivity index (χ1v) is 8.07. The van der Waals surface area contributed by atoms with Crippen LogP contribution in [0, 0.1) is 0 Å². The van der Waals surface area contributed by atoms with Gasteiger partial charge >= 0.3 is 5.97 Å². The molecule has 2 heterocycles. The van der Waals surface area contributed by atoms with E-state index in [1.54, 1.807) is 17.1 Å². The average molecular weight is 357 g/mol. The Morgan fingerprint density at radius 2 is 2.08 bits per heavy atom. The minimum Gasteiger partial charge on any atom is -0.482 e. The van der Waals surface area contributed by atoms with Gasteiger partial charge in [-0.15, -0.1) is 0 Å². The molecule has 0 radical (unpaired) electrons. The number of nitrogens with one attached hydrogen (secondary N) is 1. The molecule has 2 atom stereocenters. The highest BCUT2D eigenvalue weighted by Gasteiger charge is 2.31. The lowest BCUT2D eigenvalue weighted by Crippen LogP contribution is -2.44. The molecule has 2 aromatic rings. The summed E-state index contributed by atoms with van der Waals surface area (Å²) in [7, 11) is 1.24. The third kappa shape index (κ3) is 4.48. The van der Waals surface area contributed by atoms with E-state index < -0.39 is 11.9 Å². The monoisotopic (exact) mass is 357 g/mol. The normalized spacial score (nSPS) is 19.4. The van der Waals surface area contributed by atoms with Crippen LogP contribution in [-0.2, 0) is 19.1 Å². The van der Waals surface area contributed by atoms with Crippen molar-refractivity contribution in [2.75, 3.05) is 20.3 Å². The lowest BCUT2D eigenvalue weighted by atomic mass is 10.2. The number of rotatable bonds is 6. The average Bonchev–Trinajstić information content (AvgIpc) is 3.31. The van der Waals surface area contributed by atoms with Gasteiger partial charge in [-0.05, 0) is 12.1 Å². The highest BCUT2D eigenvalue weighted by molar-refractivity contribution is 5.94. The van der Waals surface area contributed by atoms with Gasteiger partial charge in [0.05, 0.1) is 44.4 Å². The molecule has 1 saturated heterocycles. The van der Waals surface area contributed by atoms with Crippen molar-refractivity contribution in [2.45, 2.75) is 12.1 Å². The standard InChI is InChI=1S/C18H19N3O5/c1-24-18(23)8-7-17(22)20-15-11-25-12-16(15)26-14-9-19-21(10-14)13-5-3-2-4-6-13/h2-10,15-16H,11-12H2,1H3,(H,20,22)/b8-7+/t15-,16+/m1/s1. The van der Waals surface area contributed by atoms with Crippen LogP contribution in [0.4, 0.5) is 0 Å². The van der Waals surface area contributed by atoms with E-state index in [2.05, 4.69) is 15.2 Å². The van der Waals surface area contributed by atoms with E-state index in [-0.39, 0.29) is 12.1 Å². The molecule has 1 amide bonds. The Morgan fingerprint density at radius 3 is 2.85 bits per heavy atom. The number of hydrogen-bond acceptors (Lipinski definition) is 6. The molecule has 0 unspecified atom stereocenters. The summed E-state index contributed by atoms with van der Waals surface area (Å²) in [5, 5.41) is 7.03. The van der Waals surface area contributed by atoms with Crippen LogP contribution in [0.5, 0.6) is 5.75 Å². The molecular formula is C18H19N3O5. The number of carbonyl (C=O) groups excluding carboxylic acids is 2. The second-order valence-corrected chi connectivity index (χ2v) is 5.62. The molecule has 0 saturated carbocycles. The largest absolute Gasteiger partial charge is 0.482 e. The maximum Gasteiger partial charge on any atom is 0.330 e. The van der Waals surface area contributed by atoms with Crippen LogP contribution in [0.2, 0.25) is 0 Å². The van der Waals surface area contributed by atoms with Crippen molar-refractivity contribution in [3.05, 3.63) is 54.9 Å². The Morgan fingerprint density at radius 1 is 1.27 bits per heavy atom. The predicted octanol–water partition coefficient (Wildman–Crippen LogP) is 0.864. The molecule has 1 aliphatic rings. The van der Waals surface area contributed by atoms with Crippen LogP contribution < -0.4 is 10.1 Å². The van der Waals surface area contributed by atoms with Crippen molar-refractivity contribution in [2.24, 2.45) is 0 Å². The quantitative estimate of drug-likeness (QED) is 0.609. The smallest absolute Gasteiger partial charge is 0.330 e. The molecule has 8 heteroatoms. The highest BCUT2D eigenvalue weighted by Crippen LogP contribution is 2.18. The number of benzene rings is 1. The number of ether oxygens (including phenoxy) is 3. The zero-order valence-corrected chi connectivity index (χ0v) is 14.2. The van der Waals surface area contributed by atoms with Crippen molar-refractivity contribution >= 4 is 11.9 Å². The number of para-hydroxylation sites is 1. The first-order chi connectivity index (χ1) is 12.7. The van der Waals surface area contributed by atoms with Crippen LogP contribution in [0.3, 0.4) is 0 Å². The van der Waals surface area contributed by atoms with Crippen molar-refractivity contribution in [3.63, 3.8) is 0 Å². The predicted molar refractivity (Wildman–Crippen MR) is 91.9 cm³/mol. The third-order valence-electron chi connectivity index (χ3n) is 3.80. The van der Waals surface area contributed by atoms with Crippen LogP contribution in [0.15, 0.2) is 54.9 Å². The van der Waals surface area contributed by atoms with Crippen molar-refractivity contribution < 1.29 is 23.8 Å². The molecule has 0 spiro atoms. The van der Waals surface area contributed by atoms with E-state index in [1.165, 1.54) is 7.11 Å². The van der Waals surface area contributed by atoms with Crippen LogP contribution >= 0.6 is 0 Å². The summed E-state index contributed by atoms with van der Waals surface area (Å²) in [6.07, 6.45) is 5.21. The summed E-state index contributed by atoms with van der Waals surface area (Å²) in [5.41, 5.74) is 0.919. The fourth-order valence-corrected chi connectivity index (χ4v) is 2.49. The van der Waals surface area contributed by atoms with Gasteiger partial charge in [0.1, 0.15) is 6.10 Å². The SMILES string of the molecule is COC(=O)/C=C/C(=O)N[C@@H]1COC[C@@H]1Oc1cnn(-c2ccccc2)c1. The van der Waals surface area contributed by atoms with E-state index in [9.17, 15) is 9.59 Å². The van der Waals surface area contributed by atoms with Gasteiger partial charge in [-0.25, -0.2) is 9.48 Å². The van der Waals surface area contributed by atoms with Gasteiger partial charge in [-0.1, -0.05) is 18.2 Å². The zero-order chi connectivity index (χ0) is 18.4. The fraction of sp³-hybridized carbons (Fsp3) is 0.278. The number of esters is 1. The van der Waals surface area contributed by atoms with Gasteiger partial charge in [0.15, 0.2) is 5.75 Å². The molecule has 0 bridgehead atoms. The molecule has 136 valence electrons. The summed E-state index contributed by atoms with van der Waals surface area (Å²) < 4.78 is 17.4. The van der Waals surface area contributed by atoms with Gasteiger partial charge in [0.25, 0.3) is 0 Å². The second kappa shape index (κ2) is 8.30. The number of carbonyl (C=O) groups is 2. The summed E-state index contributed by atoms with van der Waals surface area (Å²) >= 11 is 0. The minimum atomic E-state index is -0.594. The van der Waals surface area contributed by atoms with Crippen molar-refractivity contribution in [1.29, 1.82) is 0 Å². The zero-order valence-electron chi connectivity index (χ0n) is 14.2. The summed E-state index contributed by atoms with van der Waals surface area (Å²) in [6.45, 7) is 0.678. The summed E-state index contributed by atoms with van der Waals surface area (Å²) in [4.78, 5) is 22.9. The number of nitrogens with zero attached hydrogens (tertiary/aromatic N) is 2. The first-order valence-electron chi connectivity index (χ1n) is 8.07. The van der Waals surface area contributed by atoms with Gasteiger partial charge < -0.3 is 19.5 Å². The molecule has 1 fully saturated rings. The number of methoxy groups -OCH3 is 1. The van der Waals surface area contributed by atoms with Crippen LogP contribution in [0.25, 0.3) is 5.69 Å². The molecular weight excluding hydrogens is 338 g/mol. The first kappa shape index (κ1) is 17.7. The topological polar surface area (TPSA) is 91.7 Å². The minimum absolute atomic E-state index is 0.329. The maximum absolute atomic E-state index is 11.9. The number of amides is 1. The summed E-state index contributed by atoms with van der Waals surface area (Å²) in [5.74, 6) is -0.433. The number of hydrogen-bond donors (Lipinski definition) is 1. The van der Waals surface area contributed by atoms with Gasteiger partial charge in [-0.3, -0.25) is 4.79 Å². The molecule has 26 heavy (non-hydrogen) atoms. The van der Waals surface area contributed by atoms with E-state index in [0.717, 1.165) is 17.8 Å². The molecule has 1 aromatic carbocycles. The molecule has 0 aliphatic carbocycles. The lowest BCUT2D eigenvalue weighted by molar-refractivity contribution is -0.135. The lowest BCUT2D eigenvalue weighted by Gasteiger charge is -2.18. The van der Waals surface area contributed by atoms with Gasteiger partial charge in [0, 0.05) is 12.2 Å². The number of aromatic nitrogens is 2. The second-order valence-electron chi connectivity index (χ2n) is 5.62. The van der Waals surface area contributed by atoms with Gasteiger partial charge in [-0.2, -0.15) is 5.10 Å². The Kier molecular flexibility index (Phi) is 5.65. The van der Waals surface area contributed by atoms with Crippen LogP contribution in [0.1, 0.15) is 0 Å². The Hall–Kier alpha value is -3.13. The third-order valence-corrected chi connectivity index (χ3v) is 3.80. The Balaban J connectivity index is 1.59. The molecule has 3 rings (SSSR count). The van der Waals surface area contributed by atoms with E-state index in [0.29, 0.717) is 19.0 Å². The van der Waals surface area contributed by atoms with Crippen LogP contribution in [-0.4, -0.2) is 54.1 Å². The van der Waals surface area contributed by atoms with Crippen molar-refractivity contribution in [1.82, 2.24) is 15.1 Å². The van der Waals surface area contributed by atoms with E-state index >= 15 is 0 Å². The molecule has 8 nitrogen and oxygen atoms in total. The van der Waals surface area contributed by atoms with E-state index in [1.807, 2.05) is 30.3 Å². The molecule has 1 aliphatic heterocycles. The van der Waals surface area contributed by atoms with Gasteiger partial charge in [0.2, 0.25) is 5.91 Å². The maximum atomic E-state index is 11.9. The van der Waals surface area contributed by atoms with E-state index in [4.69, 9.17) is 9.47 Å². The highest BCUT2D eigenvalue weighted by atomic mass is 16.5. The summed E-state index contributed by atoms with van der Waals surface area (Å²) in [6, 6.07) is 9.33. The Bertz CT molecular complexity index is 787.